The Balaban J connectivity index is 2.28. The van der Waals surface area contributed by atoms with Gasteiger partial charge in [0.25, 0.3) is 0 Å². The average Bonchev–Trinajstić information content (AvgIpc) is 2.80. The van der Waals surface area contributed by atoms with Crippen LogP contribution in [0.2, 0.25) is 0 Å². The van der Waals surface area contributed by atoms with Crippen molar-refractivity contribution < 1.29 is 9.59 Å². The van der Waals surface area contributed by atoms with Crippen LogP contribution in [0.3, 0.4) is 0 Å². The number of nitrogens with one attached hydrogen (secondary N) is 2. The Morgan fingerprint density at radius 3 is 2.84 bits per heavy atom. The monoisotopic (exact) mass is 255 g/mol. The van der Waals surface area contributed by atoms with Gasteiger partial charge in [0.1, 0.15) is 6.04 Å². The molecule has 0 aliphatic heterocycles. The van der Waals surface area contributed by atoms with Crippen LogP contribution < -0.4 is 5.32 Å². The number of carbonyl (C=O) groups is 2. The third-order valence-electron chi connectivity index (χ3n) is 2.88. The molecule has 2 N–H and O–H groups in total. The number of carbonyl (C=O) groups excluding carboxylic acids is 2. The number of aromatic amines is 1. The maximum absolute atomic E-state index is 11.5. The highest BCUT2D eigenvalue weighted by atomic mass is 16.2. The normalized spacial score (nSPS) is 11.8. The van der Waals surface area contributed by atoms with Gasteiger partial charge < -0.3 is 15.1 Å². The maximum Gasteiger partial charge on any atom is 0.377 e. The van der Waals surface area contributed by atoms with E-state index >= 15 is 0 Å². The molecule has 0 saturated carbocycles. The first kappa shape index (κ1) is 12.8. The van der Waals surface area contributed by atoms with Crippen LogP contribution in [0, 0.1) is 6.57 Å². The fourth-order valence-corrected chi connectivity index (χ4v) is 2.04. The van der Waals surface area contributed by atoms with E-state index in [-0.39, 0.29) is 5.91 Å². The quantitative estimate of drug-likeness (QED) is 0.816. The molecule has 2 amide bonds. The second-order valence-corrected chi connectivity index (χ2v) is 4.27. The van der Waals surface area contributed by atoms with Crippen molar-refractivity contribution in [1.29, 1.82) is 0 Å². The number of para-hydroxylation sites is 1. The van der Waals surface area contributed by atoms with Crippen LogP contribution in [0.5, 0.6) is 0 Å². The van der Waals surface area contributed by atoms with E-state index in [0.717, 1.165) is 16.5 Å². The van der Waals surface area contributed by atoms with Gasteiger partial charge in [-0.2, -0.15) is 4.85 Å². The minimum Gasteiger partial charge on any atom is -0.361 e. The number of benzene rings is 1. The van der Waals surface area contributed by atoms with Gasteiger partial charge in [0, 0.05) is 24.0 Å². The van der Waals surface area contributed by atoms with Crippen molar-refractivity contribution in [3.63, 3.8) is 0 Å². The van der Waals surface area contributed by atoms with Crippen LogP contribution in [0.1, 0.15) is 12.5 Å². The van der Waals surface area contributed by atoms with E-state index in [2.05, 4.69) is 15.1 Å². The largest absolute Gasteiger partial charge is 0.377 e. The molecule has 0 aliphatic carbocycles. The summed E-state index contributed by atoms with van der Waals surface area (Å²) >= 11 is 0. The van der Waals surface area contributed by atoms with Gasteiger partial charge in [-0.3, -0.25) is 4.79 Å². The molecule has 5 nitrogen and oxygen atoms in total. The third kappa shape index (κ3) is 2.80. The van der Waals surface area contributed by atoms with Gasteiger partial charge in [-0.15, -0.1) is 0 Å². The molecule has 0 bridgehead atoms. The zero-order chi connectivity index (χ0) is 13.8. The van der Waals surface area contributed by atoms with Gasteiger partial charge in [-0.25, -0.2) is 0 Å². The number of aromatic nitrogens is 1. The van der Waals surface area contributed by atoms with Gasteiger partial charge >= 0.3 is 5.91 Å². The summed E-state index contributed by atoms with van der Waals surface area (Å²) in [5.74, 6) is -0.970. The van der Waals surface area contributed by atoms with E-state index in [0.29, 0.717) is 6.42 Å². The molecule has 0 spiro atoms. The van der Waals surface area contributed by atoms with Crippen molar-refractivity contribution in [3.8, 4) is 0 Å². The van der Waals surface area contributed by atoms with Crippen molar-refractivity contribution in [2.75, 3.05) is 0 Å². The van der Waals surface area contributed by atoms with Crippen LogP contribution in [0.4, 0.5) is 0 Å². The summed E-state index contributed by atoms with van der Waals surface area (Å²) in [6.07, 6.45) is 2.11. The molecule has 2 rings (SSSR count). The molecular weight excluding hydrogens is 242 g/mol. The molecule has 1 atom stereocenters. The number of rotatable bonds is 4. The molecule has 5 heteroatoms. The summed E-state index contributed by atoms with van der Waals surface area (Å²) < 4.78 is 0. The standard InChI is InChI=1S/C14H13N3O2/c1-9(18)17-13(14(19)15-2)7-10-8-16-12-6-4-3-5-11(10)12/h3-6,8,13,16H,7H2,1H3,(H,17,18)/t13-/m0/s1. The van der Waals surface area contributed by atoms with Crippen LogP contribution in [0.15, 0.2) is 30.5 Å². The summed E-state index contributed by atoms with van der Waals surface area (Å²) in [6.45, 7) is 8.12. The van der Waals surface area contributed by atoms with E-state index in [9.17, 15) is 9.59 Å². The first-order valence-corrected chi connectivity index (χ1v) is 5.85. The van der Waals surface area contributed by atoms with E-state index in [4.69, 9.17) is 6.57 Å². The van der Waals surface area contributed by atoms with Gasteiger partial charge in [-0.1, -0.05) is 18.2 Å². The highest BCUT2D eigenvalue weighted by molar-refractivity contribution is 5.94. The lowest BCUT2D eigenvalue weighted by Crippen LogP contribution is -2.40. The maximum atomic E-state index is 11.5. The molecule has 19 heavy (non-hydrogen) atoms. The topological polar surface area (TPSA) is 66.3 Å². The molecule has 0 unspecified atom stereocenters. The van der Waals surface area contributed by atoms with E-state index in [1.54, 1.807) is 6.20 Å². The zero-order valence-electron chi connectivity index (χ0n) is 10.4. The lowest BCUT2D eigenvalue weighted by Gasteiger charge is -2.12. The van der Waals surface area contributed by atoms with E-state index < -0.39 is 11.9 Å². The van der Waals surface area contributed by atoms with Gasteiger partial charge in [-0.05, 0) is 18.1 Å². The van der Waals surface area contributed by atoms with Crippen molar-refractivity contribution in [2.24, 2.45) is 0 Å². The number of fused-ring (bicyclic) bond motifs is 1. The smallest absolute Gasteiger partial charge is 0.361 e. The van der Waals surface area contributed by atoms with Crippen molar-refractivity contribution in [3.05, 3.63) is 47.4 Å². The summed E-state index contributed by atoms with van der Waals surface area (Å²) in [5.41, 5.74) is 1.88. The molecule has 1 aromatic carbocycles. The van der Waals surface area contributed by atoms with Gasteiger partial charge in [0.2, 0.25) is 5.91 Å². The van der Waals surface area contributed by atoms with Gasteiger partial charge in [0.15, 0.2) is 0 Å². The third-order valence-corrected chi connectivity index (χ3v) is 2.88. The molecule has 0 aliphatic rings. The van der Waals surface area contributed by atoms with E-state index in [1.807, 2.05) is 24.3 Å². The van der Waals surface area contributed by atoms with Crippen LogP contribution in [-0.4, -0.2) is 22.8 Å². The number of hydrogen-bond acceptors (Lipinski definition) is 2. The SMILES string of the molecule is [C-]#[N+]C(=O)[C@H](Cc1c[nH]c2ccccc12)NC(C)=O. The number of nitrogens with zero attached hydrogens (tertiary/aromatic N) is 1. The summed E-state index contributed by atoms with van der Waals surface area (Å²) in [4.78, 5) is 28.6. The minimum absolute atomic E-state index is 0.310. The Bertz CT molecular complexity index is 667. The average molecular weight is 255 g/mol. The Labute approximate surface area is 110 Å². The number of hydrogen-bond donors (Lipinski definition) is 2. The van der Waals surface area contributed by atoms with Crippen LogP contribution in [-0.2, 0) is 16.0 Å². The predicted molar refractivity (Wildman–Crippen MR) is 71.2 cm³/mol. The summed E-state index contributed by atoms with van der Waals surface area (Å²) in [6, 6.07) is 6.90. The van der Waals surface area contributed by atoms with Crippen LogP contribution >= 0.6 is 0 Å². The Hall–Kier alpha value is -2.61. The summed E-state index contributed by atoms with van der Waals surface area (Å²) in [5, 5.41) is 3.51. The van der Waals surface area contributed by atoms with E-state index in [1.165, 1.54) is 6.92 Å². The second kappa shape index (κ2) is 5.36. The number of amides is 2. The molecule has 0 fully saturated rings. The molecule has 1 aromatic heterocycles. The zero-order valence-corrected chi connectivity index (χ0v) is 10.4. The molecule has 1 heterocycles. The first-order chi connectivity index (χ1) is 9.11. The van der Waals surface area contributed by atoms with Crippen molar-refractivity contribution in [1.82, 2.24) is 10.3 Å². The Kier molecular flexibility index (Phi) is 3.62. The Morgan fingerprint density at radius 2 is 2.16 bits per heavy atom. The molecule has 96 valence electrons. The van der Waals surface area contributed by atoms with Crippen molar-refractivity contribution >= 4 is 22.7 Å². The Morgan fingerprint density at radius 1 is 1.42 bits per heavy atom. The fraction of sp³-hybridized carbons (Fsp3) is 0.214. The van der Waals surface area contributed by atoms with Gasteiger partial charge in [0.05, 0.1) is 6.57 Å². The lowest BCUT2D eigenvalue weighted by atomic mass is 10.0. The minimum atomic E-state index is -0.797. The van der Waals surface area contributed by atoms with Crippen LogP contribution in [0.25, 0.3) is 15.7 Å². The fourth-order valence-electron chi connectivity index (χ4n) is 2.04. The molecule has 0 radical (unpaired) electrons. The predicted octanol–water partition coefficient (Wildman–Crippen LogP) is 1.66. The second-order valence-electron chi connectivity index (χ2n) is 4.27. The highest BCUT2D eigenvalue weighted by Crippen LogP contribution is 2.19. The first-order valence-electron chi connectivity index (χ1n) is 5.85. The lowest BCUT2D eigenvalue weighted by molar-refractivity contribution is -0.124. The molecule has 0 saturated heterocycles. The molecular formula is C14H13N3O2. The number of H-pyrrole nitrogens is 1. The summed E-state index contributed by atoms with van der Waals surface area (Å²) in [7, 11) is 0. The van der Waals surface area contributed by atoms with Crippen molar-refractivity contribution in [2.45, 2.75) is 19.4 Å². The molecule has 2 aromatic rings. The highest BCUT2D eigenvalue weighted by Gasteiger charge is 2.21.